The lowest BCUT2D eigenvalue weighted by Gasteiger charge is -2.09. The Bertz CT molecular complexity index is 805. The lowest BCUT2D eigenvalue weighted by Crippen LogP contribution is -2.04. The number of benzene rings is 2. The van der Waals surface area contributed by atoms with E-state index in [1.54, 1.807) is 6.20 Å². The van der Waals surface area contributed by atoms with Gasteiger partial charge in [0.05, 0.1) is 11.1 Å². The Kier molecular flexibility index (Phi) is 3.61. The SMILES string of the molecule is Cc1ccc2nccc(Cc3ccc(C(F)(F)F)cc3)c2c1. The van der Waals surface area contributed by atoms with Crippen LogP contribution >= 0.6 is 0 Å². The van der Waals surface area contributed by atoms with Crippen LogP contribution in [-0.4, -0.2) is 4.98 Å². The summed E-state index contributed by atoms with van der Waals surface area (Å²) < 4.78 is 37.8. The first kappa shape index (κ1) is 14.6. The molecule has 1 aromatic heterocycles. The zero-order chi connectivity index (χ0) is 15.7. The van der Waals surface area contributed by atoms with Gasteiger partial charge in [-0.2, -0.15) is 13.2 Å². The molecule has 0 fully saturated rings. The van der Waals surface area contributed by atoms with Crippen LogP contribution in [0.2, 0.25) is 0 Å². The number of aryl methyl sites for hydroxylation is 1. The van der Waals surface area contributed by atoms with Crippen molar-refractivity contribution in [3.63, 3.8) is 0 Å². The molecule has 0 unspecified atom stereocenters. The maximum absolute atomic E-state index is 12.6. The number of hydrogen-bond donors (Lipinski definition) is 0. The fourth-order valence-corrected chi connectivity index (χ4v) is 2.50. The third-order valence-electron chi connectivity index (χ3n) is 3.66. The van der Waals surface area contributed by atoms with Crippen molar-refractivity contribution in [2.45, 2.75) is 19.5 Å². The third kappa shape index (κ3) is 2.96. The van der Waals surface area contributed by atoms with Crippen LogP contribution in [0.4, 0.5) is 13.2 Å². The molecule has 0 aliphatic rings. The number of aromatic nitrogens is 1. The zero-order valence-corrected chi connectivity index (χ0v) is 12.0. The minimum Gasteiger partial charge on any atom is -0.256 e. The summed E-state index contributed by atoms with van der Waals surface area (Å²) in [5.74, 6) is 0. The van der Waals surface area contributed by atoms with E-state index in [2.05, 4.69) is 11.1 Å². The molecule has 0 aliphatic heterocycles. The van der Waals surface area contributed by atoms with Gasteiger partial charge in [-0.05, 0) is 54.8 Å². The lowest BCUT2D eigenvalue weighted by molar-refractivity contribution is -0.137. The van der Waals surface area contributed by atoms with Gasteiger partial charge in [-0.25, -0.2) is 0 Å². The largest absolute Gasteiger partial charge is 0.416 e. The Morgan fingerprint density at radius 1 is 0.955 bits per heavy atom. The Labute approximate surface area is 126 Å². The average molecular weight is 301 g/mol. The highest BCUT2D eigenvalue weighted by Gasteiger charge is 2.29. The second-order valence-corrected chi connectivity index (χ2v) is 5.36. The number of pyridine rings is 1. The first-order valence-electron chi connectivity index (χ1n) is 6.94. The molecule has 0 radical (unpaired) electrons. The van der Waals surface area contributed by atoms with E-state index < -0.39 is 11.7 Å². The summed E-state index contributed by atoms with van der Waals surface area (Å²) in [5, 5.41) is 1.04. The van der Waals surface area contributed by atoms with E-state index in [9.17, 15) is 13.2 Å². The van der Waals surface area contributed by atoms with Crippen molar-refractivity contribution in [2.75, 3.05) is 0 Å². The molecule has 2 aromatic carbocycles. The normalized spacial score (nSPS) is 11.8. The number of fused-ring (bicyclic) bond motifs is 1. The summed E-state index contributed by atoms with van der Waals surface area (Å²) in [5.41, 5.74) is 3.33. The molecule has 0 aliphatic carbocycles. The molecule has 0 atom stereocenters. The summed E-state index contributed by atoms with van der Waals surface area (Å²) in [6.07, 6.45) is -1.98. The first-order chi connectivity index (χ1) is 10.4. The highest BCUT2D eigenvalue weighted by atomic mass is 19.4. The van der Waals surface area contributed by atoms with Crippen molar-refractivity contribution in [3.8, 4) is 0 Å². The van der Waals surface area contributed by atoms with E-state index in [1.165, 1.54) is 12.1 Å². The number of hydrogen-bond acceptors (Lipinski definition) is 1. The monoisotopic (exact) mass is 301 g/mol. The van der Waals surface area contributed by atoms with Crippen LogP contribution in [0.5, 0.6) is 0 Å². The summed E-state index contributed by atoms with van der Waals surface area (Å²) in [7, 11) is 0. The van der Waals surface area contributed by atoms with Crippen LogP contribution in [0, 0.1) is 6.92 Å². The van der Waals surface area contributed by atoms with Gasteiger partial charge in [-0.15, -0.1) is 0 Å². The second-order valence-electron chi connectivity index (χ2n) is 5.36. The zero-order valence-electron chi connectivity index (χ0n) is 12.0. The maximum Gasteiger partial charge on any atom is 0.416 e. The smallest absolute Gasteiger partial charge is 0.256 e. The van der Waals surface area contributed by atoms with Gasteiger partial charge in [-0.3, -0.25) is 4.98 Å². The van der Waals surface area contributed by atoms with E-state index in [0.717, 1.165) is 39.7 Å². The van der Waals surface area contributed by atoms with Crippen LogP contribution in [0.15, 0.2) is 54.7 Å². The van der Waals surface area contributed by atoms with Crippen molar-refractivity contribution in [1.82, 2.24) is 4.98 Å². The second kappa shape index (κ2) is 5.44. The molecule has 1 heterocycles. The molecule has 0 N–H and O–H groups in total. The average Bonchev–Trinajstić information content (AvgIpc) is 2.47. The molecule has 22 heavy (non-hydrogen) atoms. The number of halogens is 3. The molecule has 0 saturated carbocycles. The minimum atomic E-state index is -4.29. The molecule has 0 bridgehead atoms. The van der Waals surface area contributed by atoms with E-state index in [0.29, 0.717) is 6.42 Å². The maximum atomic E-state index is 12.6. The topological polar surface area (TPSA) is 12.9 Å². The molecule has 4 heteroatoms. The van der Waals surface area contributed by atoms with Gasteiger partial charge >= 0.3 is 6.18 Å². The summed E-state index contributed by atoms with van der Waals surface area (Å²) >= 11 is 0. The van der Waals surface area contributed by atoms with E-state index >= 15 is 0 Å². The van der Waals surface area contributed by atoms with Crippen LogP contribution < -0.4 is 0 Å². The van der Waals surface area contributed by atoms with E-state index in [4.69, 9.17) is 0 Å². The number of nitrogens with zero attached hydrogens (tertiary/aromatic N) is 1. The molecule has 0 amide bonds. The first-order valence-corrected chi connectivity index (χ1v) is 6.94. The fourth-order valence-electron chi connectivity index (χ4n) is 2.50. The fraction of sp³-hybridized carbons (Fsp3) is 0.167. The molecule has 0 saturated heterocycles. The molecule has 112 valence electrons. The number of alkyl halides is 3. The van der Waals surface area contributed by atoms with Gasteiger partial charge in [0.1, 0.15) is 0 Å². The summed E-state index contributed by atoms with van der Waals surface area (Å²) in [4.78, 5) is 4.32. The van der Waals surface area contributed by atoms with Crippen molar-refractivity contribution < 1.29 is 13.2 Å². The molecule has 3 rings (SSSR count). The van der Waals surface area contributed by atoms with Gasteiger partial charge in [-0.1, -0.05) is 23.8 Å². The van der Waals surface area contributed by atoms with E-state index in [-0.39, 0.29) is 0 Å². The predicted octanol–water partition coefficient (Wildman–Crippen LogP) is 5.15. The highest BCUT2D eigenvalue weighted by Crippen LogP contribution is 2.29. The quantitative estimate of drug-likeness (QED) is 0.637. The van der Waals surface area contributed by atoms with Crippen molar-refractivity contribution >= 4 is 10.9 Å². The van der Waals surface area contributed by atoms with Crippen LogP contribution in [-0.2, 0) is 12.6 Å². The van der Waals surface area contributed by atoms with Crippen LogP contribution in [0.25, 0.3) is 10.9 Å². The Hall–Kier alpha value is -2.36. The molecule has 3 aromatic rings. The van der Waals surface area contributed by atoms with Crippen molar-refractivity contribution in [2.24, 2.45) is 0 Å². The molecule has 1 nitrogen and oxygen atoms in total. The van der Waals surface area contributed by atoms with Crippen molar-refractivity contribution in [1.29, 1.82) is 0 Å². The number of rotatable bonds is 2. The summed E-state index contributed by atoms with van der Waals surface area (Å²) in [6.45, 7) is 2.01. The third-order valence-corrected chi connectivity index (χ3v) is 3.66. The standard InChI is InChI=1S/C18H14F3N/c1-12-2-7-17-16(10-12)14(8-9-22-17)11-13-3-5-15(6-4-13)18(19,20)21/h2-10H,11H2,1H3. The molecule has 0 spiro atoms. The molecular formula is C18H14F3N. The van der Waals surface area contributed by atoms with Crippen LogP contribution in [0.3, 0.4) is 0 Å². The van der Waals surface area contributed by atoms with Gasteiger partial charge in [0.2, 0.25) is 0 Å². The van der Waals surface area contributed by atoms with E-state index in [1.807, 2.05) is 25.1 Å². The minimum absolute atomic E-state index is 0.584. The van der Waals surface area contributed by atoms with Gasteiger partial charge in [0, 0.05) is 11.6 Å². The van der Waals surface area contributed by atoms with Gasteiger partial charge < -0.3 is 0 Å². The Morgan fingerprint density at radius 3 is 2.36 bits per heavy atom. The lowest BCUT2D eigenvalue weighted by atomic mass is 9.99. The Balaban J connectivity index is 1.95. The highest BCUT2D eigenvalue weighted by molar-refractivity contribution is 5.83. The predicted molar refractivity (Wildman–Crippen MR) is 80.7 cm³/mol. The van der Waals surface area contributed by atoms with Gasteiger partial charge in [0.15, 0.2) is 0 Å². The Morgan fingerprint density at radius 2 is 1.68 bits per heavy atom. The molecular weight excluding hydrogens is 287 g/mol. The van der Waals surface area contributed by atoms with Crippen molar-refractivity contribution in [3.05, 3.63) is 77.0 Å². The summed E-state index contributed by atoms with van der Waals surface area (Å²) in [6, 6.07) is 13.3. The van der Waals surface area contributed by atoms with Gasteiger partial charge in [0.25, 0.3) is 0 Å². The van der Waals surface area contributed by atoms with Crippen LogP contribution in [0.1, 0.15) is 22.3 Å².